The van der Waals surface area contributed by atoms with E-state index in [0.29, 0.717) is 6.07 Å². The van der Waals surface area contributed by atoms with Gasteiger partial charge in [0.15, 0.2) is 6.35 Å². The summed E-state index contributed by atoms with van der Waals surface area (Å²) in [5.41, 5.74) is -0.813. The molecule has 14 heteroatoms. The van der Waals surface area contributed by atoms with Crippen LogP contribution in [0.5, 0.6) is 0 Å². The van der Waals surface area contributed by atoms with E-state index in [1.54, 1.807) is 0 Å². The number of aliphatic hydroxyl groups is 1. The van der Waals surface area contributed by atoms with E-state index >= 15 is 0 Å². The number of aryl methyl sites for hydroxylation is 1. The number of anilines is 2. The lowest BCUT2D eigenvalue weighted by Crippen LogP contribution is -2.49. The highest BCUT2D eigenvalue weighted by Crippen LogP contribution is 2.35. The molecular formula is C21H23ClF4N4O4S. The summed E-state index contributed by atoms with van der Waals surface area (Å²) in [6, 6.07) is 3.86. The van der Waals surface area contributed by atoms with Gasteiger partial charge in [-0.2, -0.15) is 13.2 Å². The van der Waals surface area contributed by atoms with Crippen molar-refractivity contribution in [3.8, 4) is 0 Å². The van der Waals surface area contributed by atoms with Gasteiger partial charge < -0.3 is 14.9 Å². The van der Waals surface area contributed by atoms with E-state index in [2.05, 4.69) is 4.98 Å². The van der Waals surface area contributed by atoms with Gasteiger partial charge in [-0.25, -0.2) is 17.8 Å². The molecule has 1 aromatic heterocycles. The van der Waals surface area contributed by atoms with Crippen molar-refractivity contribution in [2.45, 2.75) is 25.5 Å². The Bertz CT molecular complexity index is 1230. The third kappa shape index (κ3) is 6.21. The fourth-order valence-corrected chi connectivity index (χ4v) is 4.44. The molecule has 3 rings (SSSR count). The number of benzene rings is 1. The van der Waals surface area contributed by atoms with Crippen LogP contribution in [0.4, 0.5) is 29.1 Å². The first-order valence-electron chi connectivity index (χ1n) is 10.2. The first-order valence-corrected chi connectivity index (χ1v) is 12.7. The van der Waals surface area contributed by atoms with Gasteiger partial charge in [0.05, 0.1) is 16.3 Å². The topological polar surface area (TPSA) is 94.0 Å². The average Bonchev–Trinajstić information content (AvgIpc) is 3.07. The van der Waals surface area contributed by atoms with Crippen molar-refractivity contribution < 1.29 is 35.9 Å². The van der Waals surface area contributed by atoms with Crippen LogP contribution in [-0.4, -0.2) is 73.9 Å². The molecule has 1 unspecified atom stereocenters. The minimum Gasteiger partial charge on any atom is -0.361 e. The summed E-state index contributed by atoms with van der Waals surface area (Å²) in [7, 11) is -2.08. The monoisotopic (exact) mass is 538 g/mol. The highest BCUT2D eigenvalue weighted by atomic mass is 35.5. The average molecular weight is 539 g/mol. The molecular weight excluding hydrogens is 516 g/mol. The van der Waals surface area contributed by atoms with E-state index in [4.69, 9.17) is 11.6 Å². The van der Waals surface area contributed by atoms with Crippen molar-refractivity contribution in [3.63, 3.8) is 0 Å². The summed E-state index contributed by atoms with van der Waals surface area (Å²) in [4.78, 5) is 20.9. The van der Waals surface area contributed by atoms with Gasteiger partial charge in [0, 0.05) is 37.8 Å². The second-order valence-electron chi connectivity index (χ2n) is 8.24. The van der Waals surface area contributed by atoms with E-state index in [1.165, 1.54) is 31.0 Å². The van der Waals surface area contributed by atoms with Gasteiger partial charge in [-0.3, -0.25) is 9.69 Å². The number of aromatic nitrogens is 1. The minimum absolute atomic E-state index is 0.00137. The minimum atomic E-state index is -4.70. The molecule has 0 radical (unpaired) electrons. The molecule has 1 N–H and O–H groups in total. The zero-order valence-electron chi connectivity index (χ0n) is 18.9. The first-order chi connectivity index (χ1) is 16.1. The molecule has 1 fully saturated rings. The number of pyridine rings is 1. The number of halogens is 5. The Labute approximate surface area is 204 Å². The van der Waals surface area contributed by atoms with Crippen LogP contribution < -0.4 is 9.80 Å². The Balaban J connectivity index is 2.03. The van der Waals surface area contributed by atoms with Crippen molar-refractivity contribution in [2.75, 3.05) is 41.9 Å². The summed E-state index contributed by atoms with van der Waals surface area (Å²) in [5.74, 6) is -2.03. The van der Waals surface area contributed by atoms with Gasteiger partial charge in [-0.05, 0) is 37.3 Å². The second-order valence-corrected chi connectivity index (χ2v) is 10.9. The van der Waals surface area contributed by atoms with Crippen LogP contribution in [0.3, 0.4) is 0 Å². The Morgan fingerprint density at radius 2 is 1.94 bits per heavy atom. The molecule has 2 atom stereocenters. The van der Waals surface area contributed by atoms with E-state index in [1.807, 2.05) is 0 Å². The molecule has 0 bridgehead atoms. The number of alkyl halides is 3. The predicted octanol–water partition coefficient (Wildman–Crippen LogP) is 2.68. The molecule has 8 nitrogen and oxygen atoms in total. The smallest absolute Gasteiger partial charge is 0.361 e. The Kier molecular flexibility index (Phi) is 7.65. The van der Waals surface area contributed by atoms with Gasteiger partial charge in [0.1, 0.15) is 27.5 Å². The number of aliphatic hydroxyl groups excluding tert-OH is 1. The quantitative estimate of drug-likeness (QED) is 0.565. The molecule has 0 aliphatic carbocycles. The molecule has 1 aliphatic rings. The lowest BCUT2D eigenvalue weighted by atomic mass is 10.1. The molecule has 2 heterocycles. The van der Waals surface area contributed by atoms with Crippen LogP contribution in [0.25, 0.3) is 0 Å². The zero-order valence-corrected chi connectivity index (χ0v) is 20.5. The number of hydrogen-bond acceptors (Lipinski definition) is 7. The van der Waals surface area contributed by atoms with Crippen LogP contribution in [-0.2, 0) is 20.8 Å². The van der Waals surface area contributed by atoms with Gasteiger partial charge in [0.25, 0.3) is 5.91 Å². The summed E-state index contributed by atoms with van der Waals surface area (Å²) in [5, 5.41) is 10.7. The highest BCUT2D eigenvalue weighted by molar-refractivity contribution is 7.90. The highest BCUT2D eigenvalue weighted by Gasteiger charge is 2.45. The number of rotatable bonds is 6. The van der Waals surface area contributed by atoms with Gasteiger partial charge >= 0.3 is 6.18 Å². The SMILES string of the molecule is Cc1cc(C(F)(F)F)cc(N2C(O)N(CCS(C)(=O)=O)C[C@H]2C(=O)N(C)c2ccc(F)c(Cl)c2)n1. The van der Waals surface area contributed by atoms with Crippen LogP contribution in [0, 0.1) is 12.7 Å². The number of hydrogen-bond donors (Lipinski definition) is 1. The van der Waals surface area contributed by atoms with E-state index in [9.17, 15) is 35.9 Å². The van der Waals surface area contributed by atoms with Crippen LogP contribution in [0.1, 0.15) is 11.3 Å². The number of likely N-dealkylation sites (N-methyl/N-ethyl adjacent to an activating group) is 1. The molecule has 2 aromatic rings. The Hall–Kier alpha value is -2.48. The number of carbonyl (C=O) groups is 1. The fourth-order valence-electron chi connectivity index (χ4n) is 3.70. The van der Waals surface area contributed by atoms with Crippen LogP contribution in [0.15, 0.2) is 30.3 Å². The lowest BCUT2D eigenvalue weighted by Gasteiger charge is -2.31. The van der Waals surface area contributed by atoms with E-state index < -0.39 is 45.7 Å². The summed E-state index contributed by atoms with van der Waals surface area (Å²) in [6.07, 6.45) is -5.34. The molecule has 1 aliphatic heterocycles. The van der Waals surface area contributed by atoms with E-state index in [0.717, 1.165) is 28.2 Å². The molecule has 0 saturated carbocycles. The first kappa shape index (κ1) is 27.1. The van der Waals surface area contributed by atoms with Gasteiger partial charge in [0.2, 0.25) is 0 Å². The summed E-state index contributed by atoms with van der Waals surface area (Å²) < 4.78 is 77.1. The van der Waals surface area contributed by atoms with Crippen molar-refractivity contribution in [1.82, 2.24) is 9.88 Å². The van der Waals surface area contributed by atoms with Crippen molar-refractivity contribution in [3.05, 3.63) is 52.4 Å². The molecule has 0 spiro atoms. The second kappa shape index (κ2) is 9.88. The summed E-state index contributed by atoms with van der Waals surface area (Å²) in [6.45, 7) is 0.960. The van der Waals surface area contributed by atoms with Crippen LogP contribution in [0.2, 0.25) is 5.02 Å². The fraction of sp³-hybridized carbons (Fsp3) is 0.429. The number of nitrogens with zero attached hydrogens (tertiary/aromatic N) is 4. The number of carbonyl (C=O) groups excluding carboxylic acids is 1. The number of sulfone groups is 1. The molecule has 35 heavy (non-hydrogen) atoms. The maximum absolute atomic E-state index is 13.6. The normalized spacial score (nSPS) is 19.3. The van der Waals surface area contributed by atoms with Crippen LogP contribution >= 0.6 is 11.6 Å². The van der Waals surface area contributed by atoms with Crippen molar-refractivity contribution in [1.29, 1.82) is 0 Å². The van der Waals surface area contributed by atoms with Gasteiger partial charge in [-0.15, -0.1) is 0 Å². The zero-order chi connectivity index (χ0) is 26.3. The van der Waals surface area contributed by atoms with Crippen molar-refractivity contribution >= 4 is 38.9 Å². The molecule has 1 saturated heterocycles. The lowest BCUT2D eigenvalue weighted by molar-refractivity contribution is -0.137. The van der Waals surface area contributed by atoms with Gasteiger partial charge in [-0.1, -0.05) is 11.6 Å². The molecule has 1 amide bonds. The molecule has 192 valence electrons. The standard InChI is InChI=1S/C21H23ClF4N4O4S/c1-12-8-13(21(24,25)26)9-18(27-12)30-17(11-29(20(30)32)6-7-35(3,33)34)19(31)28(2)14-4-5-16(23)15(22)10-14/h4-5,8-10,17,20,32H,6-7,11H2,1-3H3/t17-,20?/m0/s1. The third-order valence-corrected chi connectivity index (χ3v) is 6.72. The predicted molar refractivity (Wildman–Crippen MR) is 122 cm³/mol. The molecule has 1 aromatic carbocycles. The van der Waals surface area contributed by atoms with Crippen molar-refractivity contribution in [2.24, 2.45) is 0 Å². The Morgan fingerprint density at radius 3 is 2.51 bits per heavy atom. The largest absolute Gasteiger partial charge is 0.416 e. The third-order valence-electron chi connectivity index (χ3n) is 5.51. The summed E-state index contributed by atoms with van der Waals surface area (Å²) >= 11 is 5.81. The van der Waals surface area contributed by atoms with E-state index in [-0.39, 0.29) is 41.1 Å². The maximum atomic E-state index is 13.6. The maximum Gasteiger partial charge on any atom is 0.416 e. The Morgan fingerprint density at radius 1 is 1.29 bits per heavy atom. The number of amides is 1.